The lowest BCUT2D eigenvalue weighted by molar-refractivity contribution is 0.0938. The first-order chi connectivity index (χ1) is 19.1. The van der Waals surface area contributed by atoms with Gasteiger partial charge < -0.3 is 18.7 Å². The zero-order valence-electron chi connectivity index (χ0n) is 22.6. The molecule has 1 unspecified atom stereocenters. The van der Waals surface area contributed by atoms with Crippen LogP contribution >= 0.6 is 0 Å². The highest BCUT2D eigenvalue weighted by molar-refractivity contribution is 5.93. The Bertz CT molecular complexity index is 1640. The standard InChI is InChI=1S/C31H32N6O2/c1-19-29(20(2)39-35-19)22-9-11-25-24(15-22)31(37-13-14-38-17-28(37)21-7-5-4-6-8-21)34-30(33-25)23-10-12-27-26(16-23)32-18-36(27)3/h4-9,11,15,18,23,28H,10,12-14,16-17H2,1-3H3/t23?,28-/m1/s1. The molecule has 1 aliphatic carbocycles. The van der Waals surface area contributed by atoms with Crippen LogP contribution in [-0.4, -0.2) is 44.4 Å². The molecule has 39 heavy (non-hydrogen) atoms. The maximum absolute atomic E-state index is 5.99. The van der Waals surface area contributed by atoms with E-state index in [0.717, 1.165) is 70.9 Å². The van der Waals surface area contributed by atoms with Gasteiger partial charge in [0, 0.05) is 42.6 Å². The van der Waals surface area contributed by atoms with Gasteiger partial charge in [-0.2, -0.15) is 0 Å². The molecule has 0 bridgehead atoms. The van der Waals surface area contributed by atoms with Crippen LogP contribution < -0.4 is 4.90 Å². The lowest BCUT2D eigenvalue weighted by atomic mass is 9.89. The molecule has 0 N–H and O–H groups in total. The number of fused-ring (bicyclic) bond motifs is 2. The third-order valence-corrected chi connectivity index (χ3v) is 8.28. The van der Waals surface area contributed by atoms with Crippen LogP contribution in [0.4, 0.5) is 5.82 Å². The summed E-state index contributed by atoms with van der Waals surface area (Å²) < 4.78 is 13.6. The van der Waals surface area contributed by atoms with Crippen molar-refractivity contribution < 1.29 is 9.26 Å². The van der Waals surface area contributed by atoms with E-state index in [-0.39, 0.29) is 12.0 Å². The van der Waals surface area contributed by atoms with Crippen molar-refractivity contribution in [2.75, 3.05) is 24.7 Å². The van der Waals surface area contributed by atoms with Crippen LogP contribution in [0.5, 0.6) is 0 Å². The van der Waals surface area contributed by atoms with Gasteiger partial charge in [-0.25, -0.2) is 15.0 Å². The number of anilines is 1. The molecule has 0 saturated carbocycles. The average Bonchev–Trinajstić information content (AvgIpc) is 3.52. The van der Waals surface area contributed by atoms with Gasteiger partial charge in [0.15, 0.2) is 0 Å². The van der Waals surface area contributed by atoms with Gasteiger partial charge in [0.25, 0.3) is 0 Å². The van der Waals surface area contributed by atoms with E-state index in [1.54, 1.807) is 0 Å². The van der Waals surface area contributed by atoms with Gasteiger partial charge in [0.2, 0.25) is 0 Å². The van der Waals surface area contributed by atoms with E-state index in [9.17, 15) is 0 Å². The first-order valence-electron chi connectivity index (χ1n) is 13.7. The minimum absolute atomic E-state index is 0.0716. The van der Waals surface area contributed by atoms with E-state index in [4.69, 9.17) is 19.2 Å². The van der Waals surface area contributed by atoms with Crippen LogP contribution in [-0.2, 0) is 24.6 Å². The van der Waals surface area contributed by atoms with Crippen molar-refractivity contribution in [2.24, 2.45) is 7.05 Å². The predicted octanol–water partition coefficient (Wildman–Crippen LogP) is 5.49. The van der Waals surface area contributed by atoms with E-state index < -0.39 is 0 Å². The Labute approximate surface area is 227 Å². The summed E-state index contributed by atoms with van der Waals surface area (Å²) in [7, 11) is 2.08. The molecule has 0 amide bonds. The molecule has 1 fully saturated rings. The number of morpholine rings is 1. The quantitative estimate of drug-likeness (QED) is 0.310. The second-order valence-electron chi connectivity index (χ2n) is 10.7. The summed E-state index contributed by atoms with van der Waals surface area (Å²) in [5, 5.41) is 5.23. The third-order valence-electron chi connectivity index (χ3n) is 8.28. The predicted molar refractivity (Wildman–Crippen MR) is 150 cm³/mol. The molecular formula is C31H32N6O2. The first-order valence-corrected chi connectivity index (χ1v) is 13.7. The molecule has 0 spiro atoms. The van der Waals surface area contributed by atoms with E-state index in [2.05, 4.69) is 75.2 Å². The number of rotatable bonds is 4. The van der Waals surface area contributed by atoms with Crippen molar-refractivity contribution >= 4 is 16.7 Å². The van der Waals surface area contributed by atoms with Gasteiger partial charge in [-0.3, -0.25) is 0 Å². The van der Waals surface area contributed by atoms with E-state index in [0.29, 0.717) is 13.2 Å². The van der Waals surface area contributed by atoms with Crippen LogP contribution in [0.25, 0.3) is 22.0 Å². The number of benzene rings is 2. The first kappa shape index (κ1) is 24.0. The summed E-state index contributed by atoms with van der Waals surface area (Å²) >= 11 is 0. The monoisotopic (exact) mass is 520 g/mol. The highest BCUT2D eigenvalue weighted by Gasteiger charge is 2.31. The molecule has 1 aliphatic heterocycles. The molecular weight excluding hydrogens is 488 g/mol. The second-order valence-corrected chi connectivity index (χ2v) is 10.7. The second kappa shape index (κ2) is 9.61. The number of ether oxygens (including phenoxy) is 1. The molecule has 7 rings (SSSR count). The molecule has 198 valence electrons. The SMILES string of the molecule is Cc1noc(C)c1-c1ccc2nc(C3CCc4c(ncn4C)C3)nc(N3CCOC[C@@H]3c3ccccc3)c2c1. The van der Waals surface area contributed by atoms with Crippen molar-refractivity contribution in [1.82, 2.24) is 24.7 Å². The highest BCUT2D eigenvalue weighted by Crippen LogP contribution is 2.39. The Balaban J connectivity index is 1.39. The third kappa shape index (κ3) is 4.19. The van der Waals surface area contributed by atoms with Crippen LogP contribution in [0.2, 0.25) is 0 Å². The maximum atomic E-state index is 5.99. The number of imidazole rings is 1. The minimum Gasteiger partial charge on any atom is -0.377 e. The fraction of sp³-hybridized carbons (Fsp3) is 0.355. The van der Waals surface area contributed by atoms with E-state index in [1.807, 2.05) is 20.2 Å². The molecule has 2 aliphatic rings. The summed E-state index contributed by atoms with van der Waals surface area (Å²) in [6, 6.07) is 17.1. The number of aromatic nitrogens is 5. The summed E-state index contributed by atoms with van der Waals surface area (Å²) in [6.07, 6.45) is 4.79. The molecule has 5 aromatic rings. The summed E-state index contributed by atoms with van der Waals surface area (Å²) in [5.41, 5.74) is 7.65. The topological polar surface area (TPSA) is 82.1 Å². The maximum Gasteiger partial charge on any atom is 0.141 e. The van der Waals surface area contributed by atoms with E-state index >= 15 is 0 Å². The summed E-state index contributed by atoms with van der Waals surface area (Å²) in [6.45, 7) is 5.99. The van der Waals surface area contributed by atoms with Crippen LogP contribution in [0.1, 0.15) is 52.6 Å². The number of aryl methyl sites for hydroxylation is 3. The molecule has 8 heteroatoms. The van der Waals surface area contributed by atoms with Crippen molar-refractivity contribution in [1.29, 1.82) is 0 Å². The lowest BCUT2D eigenvalue weighted by Crippen LogP contribution is -2.40. The Hall–Kier alpha value is -4.04. The lowest BCUT2D eigenvalue weighted by Gasteiger charge is -2.37. The molecule has 2 aromatic carbocycles. The zero-order chi connectivity index (χ0) is 26.5. The smallest absolute Gasteiger partial charge is 0.141 e. The Morgan fingerprint density at radius 1 is 1.03 bits per heavy atom. The summed E-state index contributed by atoms with van der Waals surface area (Å²) in [5.74, 6) is 2.91. The van der Waals surface area contributed by atoms with Crippen molar-refractivity contribution in [3.63, 3.8) is 0 Å². The van der Waals surface area contributed by atoms with Gasteiger partial charge >= 0.3 is 0 Å². The van der Waals surface area contributed by atoms with Crippen molar-refractivity contribution in [3.8, 4) is 11.1 Å². The van der Waals surface area contributed by atoms with E-state index in [1.165, 1.54) is 17.0 Å². The van der Waals surface area contributed by atoms with Gasteiger partial charge in [-0.1, -0.05) is 41.6 Å². The Morgan fingerprint density at radius 2 is 1.90 bits per heavy atom. The highest BCUT2D eigenvalue weighted by atomic mass is 16.5. The largest absolute Gasteiger partial charge is 0.377 e. The molecule has 2 atom stereocenters. The summed E-state index contributed by atoms with van der Waals surface area (Å²) in [4.78, 5) is 17.6. The van der Waals surface area contributed by atoms with Gasteiger partial charge in [0.1, 0.15) is 17.4 Å². The fourth-order valence-electron chi connectivity index (χ4n) is 6.25. The molecule has 0 radical (unpaired) electrons. The molecule has 1 saturated heterocycles. The molecule has 8 nitrogen and oxygen atoms in total. The Kier molecular flexibility index (Phi) is 5.92. The van der Waals surface area contributed by atoms with Crippen molar-refractivity contribution in [3.05, 3.63) is 89.1 Å². The van der Waals surface area contributed by atoms with Crippen LogP contribution in [0, 0.1) is 13.8 Å². The molecule has 4 heterocycles. The Morgan fingerprint density at radius 3 is 2.72 bits per heavy atom. The zero-order valence-corrected chi connectivity index (χ0v) is 22.6. The minimum atomic E-state index is 0.0716. The van der Waals surface area contributed by atoms with Crippen LogP contribution in [0.15, 0.2) is 59.4 Å². The fourth-order valence-corrected chi connectivity index (χ4v) is 6.25. The molecule has 3 aromatic heterocycles. The normalized spacial score (nSPS) is 19.4. The van der Waals surface area contributed by atoms with Gasteiger partial charge in [-0.05, 0) is 49.9 Å². The van der Waals surface area contributed by atoms with Gasteiger partial charge in [-0.15, -0.1) is 0 Å². The number of nitrogens with zero attached hydrogens (tertiary/aromatic N) is 6. The number of hydrogen-bond donors (Lipinski definition) is 0. The number of hydrogen-bond acceptors (Lipinski definition) is 7. The average molecular weight is 521 g/mol. The van der Waals surface area contributed by atoms with Crippen molar-refractivity contribution in [2.45, 2.75) is 45.1 Å². The van der Waals surface area contributed by atoms with Gasteiger partial charge in [0.05, 0.1) is 42.5 Å². The van der Waals surface area contributed by atoms with Crippen LogP contribution in [0.3, 0.4) is 0 Å².